The van der Waals surface area contributed by atoms with E-state index in [0.29, 0.717) is 0 Å². The van der Waals surface area contributed by atoms with Crippen molar-refractivity contribution in [2.24, 2.45) is 0 Å². The highest BCUT2D eigenvalue weighted by Crippen LogP contribution is 2.12. The van der Waals surface area contributed by atoms with Gasteiger partial charge in [0.2, 0.25) is 0 Å². The van der Waals surface area contributed by atoms with Crippen LogP contribution in [0.1, 0.15) is 10.4 Å². The van der Waals surface area contributed by atoms with Crippen molar-refractivity contribution in [2.75, 3.05) is 7.05 Å². The topological polar surface area (TPSA) is 113 Å². The average molecular weight is 224 g/mol. The van der Waals surface area contributed by atoms with Crippen LogP contribution < -0.4 is 10.8 Å². The third kappa shape index (κ3) is 2.56. The van der Waals surface area contributed by atoms with Gasteiger partial charge in [-0.2, -0.15) is 0 Å². The van der Waals surface area contributed by atoms with Crippen molar-refractivity contribution in [1.82, 2.24) is 5.32 Å². The standard InChI is InChI=1S/C8H9BN2O5/c1-10-8(12)5-2-6(9(13)14)4-7(3-5)11(15)16/h2-4,13-14H,1H3,(H,10,12). The second-order valence-corrected chi connectivity index (χ2v) is 3.02. The highest BCUT2D eigenvalue weighted by atomic mass is 16.6. The van der Waals surface area contributed by atoms with Gasteiger partial charge in [0, 0.05) is 24.7 Å². The van der Waals surface area contributed by atoms with E-state index in [2.05, 4.69) is 5.32 Å². The Bertz CT molecular complexity index is 434. The number of rotatable bonds is 3. The fraction of sp³-hybridized carbons (Fsp3) is 0.125. The molecular weight excluding hydrogens is 215 g/mol. The second kappa shape index (κ2) is 4.73. The van der Waals surface area contributed by atoms with Gasteiger partial charge in [-0.3, -0.25) is 14.9 Å². The summed E-state index contributed by atoms with van der Waals surface area (Å²) in [6, 6.07) is 3.23. The van der Waals surface area contributed by atoms with Crippen LogP contribution in [0.5, 0.6) is 0 Å². The first-order valence-electron chi connectivity index (χ1n) is 4.33. The number of carbonyl (C=O) groups excluding carboxylic acids is 1. The number of nitrogens with zero attached hydrogens (tertiary/aromatic N) is 1. The van der Waals surface area contributed by atoms with Crippen molar-refractivity contribution < 1.29 is 19.8 Å². The molecule has 0 spiro atoms. The van der Waals surface area contributed by atoms with E-state index in [9.17, 15) is 14.9 Å². The average Bonchev–Trinajstić information content (AvgIpc) is 2.27. The molecule has 0 aromatic heterocycles. The zero-order valence-electron chi connectivity index (χ0n) is 8.38. The summed E-state index contributed by atoms with van der Waals surface area (Å²) < 4.78 is 0. The highest BCUT2D eigenvalue weighted by molar-refractivity contribution is 6.58. The zero-order chi connectivity index (χ0) is 12.3. The van der Waals surface area contributed by atoms with Crippen LogP contribution in [0.4, 0.5) is 5.69 Å². The van der Waals surface area contributed by atoms with Gasteiger partial charge in [0.15, 0.2) is 0 Å². The Morgan fingerprint density at radius 1 is 1.44 bits per heavy atom. The molecule has 0 unspecified atom stereocenters. The minimum Gasteiger partial charge on any atom is -0.423 e. The summed E-state index contributed by atoms with van der Waals surface area (Å²) in [5.74, 6) is -0.536. The molecule has 1 rings (SSSR count). The van der Waals surface area contributed by atoms with E-state index in [0.717, 1.165) is 12.1 Å². The first-order valence-corrected chi connectivity index (χ1v) is 4.33. The molecule has 0 aliphatic rings. The van der Waals surface area contributed by atoms with Crippen LogP contribution in [-0.4, -0.2) is 35.0 Å². The molecule has 1 aromatic rings. The molecule has 0 atom stereocenters. The Morgan fingerprint density at radius 3 is 2.50 bits per heavy atom. The lowest BCUT2D eigenvalue weighted by Gasteiger charge is -2.04. The van der Waals surface area contributed by atoms with E-state index < -0.39 is 17.9 Å². The van der Waals surface area contributed by atoms with E-state index >= 15 is 0 Å². The molecule has 3 N–H and O–H groups in total. The van der Waals surface area contributed by atoms with Gasteiger partial charge < -0.3 is 15.4 Å². The van der Waals surface area contributed by atoms with Gasteiger partial charge in [0.05, 0.1) is 4.92 Å². The van der Waals surface area contributed by atoms with Crippen molar-refractivity contribution in [3.8, 4) is 0 Å². The Labute approximate surface area is 91.0 Å². The second-order valence-electron chi connectivity index (χ2n) is 3.02. The minimum atomic E-state index is -1.86. The molecule has 0 fully saturated rings. The maximum absolute atomic E-state index is 11.3. The highest BCUT2D eigenvalue weighted by Gasteiger charge is 2.19. The Balaban J connectivity index is 3.29. The Morgan fingerprint density at radius 2 is 2.06 bits per heavy atom. The predicted molar refractivity (Wildman–Crippen MR) is 56.3 cm³/mol. The van der Waals surface area contributed by atoms with E-state index in [-0.39, 0.29) is 16.7 Å². The molecule has 0 aliphatic carbocycles. The number of hydrogen-bond acceptors (Lipinski definition) is 5. The number of non-ortho nitro benzene ring substituents is 1. The zero-order valence-corrected chi connectivity index (χ0v) is 8.38. The molecule has 16 heavy (non-hydrogen) atoms. The maximum atomic E-state index is 11.3. The van der Waals surface area contributed by atoms with Crippen LogP contribution in [0, 0.1) is 10.1 Å². The van der Waals surface area contributed by atoms with Crippen LogP contribution in [0.3, 0.4) is 0 Å². The molecule has 8 heteroatoms. The molecule has 1 aromatic carbocycles. The number of hydrogen-bond donors (Lipinski definition) is 3. The summed E-state index contributed by atoms with van der Waals surface area (Å²) in [5.41, 5.74) is -0.475. The first kappa shape index (κ1) is 12.1. The summed E-state index contributed by atoms with van der Waals surface area (Å²) >= 11 is 0. The molecular formula is C8H9BN2O5. The minimum absolute atomic E-state index is 0.000185. The fourth-order valence-electron chi connectivity index (χ4n) is 1.16. The third-order valence-corrected chi connectivity index (χ3v) is 1.94. The number of carbonyl (C=O) groups is 1. The van der Waals surface area contributed by atoms with Gasteiger partial charge in [-0.15, -0.1) is 0 Å². The quantitative estimate of drug-likeness (QED) is 0.333. The van der Waals surface area contributed by atoms with E-state index in [1.165, 1.54) is 13.1 Å². The molecule has 0 bridgehead atoms. The lowest BCUT2D eigenvalue weighted by molar-refractivity contribution is -0.384. The van der Waals surface area contributed by atoms with Crippen LogP contribution in [-0.2, 0) is 0 Å². The molecule has 1 amide bonds. The fourth-order valence-corrected chi connectivity index (χ4v) is 1.16. The molecule has 0 radical (unpaired) electrons. The lowest BCUT2D eigenvalue weighted by Crippen LogP contribution is -2.31. The van der Waals surface area contributed by atoms with Crippen molar-refractivity contribution in [3.05, 3.63) is 33.9 Å². The number of nitro groups is 1. The van der Waals surface area contributed by atoms with Crippen molar-refractivity contribution in [3.63, 3.8) is 0 Å². The summed E-state index contributed by atoms with van der Waals surface area (Å²) in [5, 5.41) is 30.7. The number of benzene rings is 1. The SMILES string of the molecule is CNC(=O)c1cc(B(O)O)cc([N+](=O)[O-])c1. The predicted octanol–water partition coefficient (Wildman–Crippen LogP) is -1.37. The Kier molecular flexibility index (Phi) is 3.59. The number of nitrogens with one attached hydrogen (secondary N) is 1. The number of nitro benzene ring substituents is 1. The number of amides is 1. The van der Waals surface area contributed by atoms with Gasteiger partial charge in [-0.1, -0.05) is 0 Å². The summed E-state index contributed by atoms with van der Waals surface area (Å²) in [6.07, 6.45) is 0. The molecule has 0 aliphatic heterocycles. The summed E-state index contributed by atoms with van der Waals surface area (Å²) in [4.78, 5) is 21.1. The van der Waals surface area contributed by atoms with Gasteiger partial charge in [-0.05, 0) is 11.5 Å². The van der Waals surface area contributed by atoms with Gasteiger partial charge in [-0.25, -0.2) is 0 Å². The van der Waals surface area contributed by atoms with Crippen LogP contribution >= 0.6 is 0 Å². The van der Waals surface area contributed by atoms with Crippen molar-refractivity contribution >= 4 is 24.2 Å². The van der Waals surface area contributed by atoms with Crippen LogP contribution in [0.25, 0.3) is 0 Å². The molecule has 7 nitrogen and oxygen atoms in total. The Hall–Kier alpha value is -1.93. The van der Waals surface area contributed by atoms with E-state index in [4.69, 9.17) is 10.0 Å². The van der Waals surface area contributed by atoms with Crippen molar-refractivity contribution in [2.45, 2.75) is 0 Å². The van der Waals surface area contributed by atoms with Gasteiger partial charge in [0.1, 0.15) is 0 Å². The maximum Gasteiger partial charge on any atom is 0.488 e. The lowest BCUT2D eigenvalue weighted by atomic mass is 9.79. The molecule has 84 valence electrons. The first-order chi connectivity index (χ1) is 7.45. The van der Waals surface area contributed by atoms with Gasteiger partial charge in [0.25, 0.3) is 11.6 Å². The van der Waals surface area contributed by atoms with Crippen molar-refractivity contribution in [1.29, 1.82) is 0 Å². The molecule has 0 saturated heterocycles. The van der Waals surface area contributed by atoms with E-state index in [1.54, 1.807) is 0 Å². The molecule has 0 saturated carbocycles. The normalized spacial score (nSPS) is 9.69. The van der Waals surface area contributed by atoms with Crippen LogP contribution in [0.2, 0.25) is 0 Å². The van der Waals surface area contributed by atoms with Gasteiger partial charge >= 0.3 is 7.12 Å². The summed E-state index contributed by atoms with van der Waals surface area (Å²) in [7, 11) is -0.487. The molecule has 0 heterocycles. The third-order valence-electron chi connectivity index (χ3n) is 1.94. The largest absolute Gasteiger partial charge is 0.488 e. The smallest absolute Gasteiger partial charge is 0.423 e. The summed E-state index contributed by atoms with van der Waals surface area (Å²) in [6.45, 7) is 0. The monoisotopic (exact) mass is 224 g/mol. The van der Waals surface area contributed by atoms with E-state index in [1.807, 2.05) is 0 Å². The van der Waals surface area contributed by atoms with Crippen LogP contribution in [0.15, 0.2) is 18.2 Å².